The summed E-state index contributed by atoms with van der Waals surface area (Å²) in [6.45, 7) is 12.7. The van der Waals surface area contributed by atoms with Gasteiger partial charge in [-0.15, -0.1) is 0 Å². The first-order chi connectivity index (χ1) is 11.3. The summed E-state index contributed by atoms with van der Waals surface area (Å²) in [5.74, 6) is 0. The molecule has 1 fully saturated rings. The van der Waals surface area contributed by atoms with Crippen molar-refractivity contribution in [2.24, 2.45) is 0 Å². The number of rotatable bonds is 7. The zero-order valence-electron chi connectivity index (χ0n) is 16.5. The Balaban J connectivity index is 0.000000272. The number of hydrogen-bond acceptors (Lipinski definition) is 2. The second-order valence-corrected chi connectivity index (χ2v) is 15.5. The van der Waals surface area contributed by atoms with Crippen molar-refractivity contribution < 1.29 is 9.31 Å². The summed E-state index contributed by atoms with van der Waals surface area (Å²) >= 11 is -1.22. The summed E-state index contributed by atoms with van der Waals surface area (Å²) in [5, 5.41) is 0. The molecule has 0 amide bonds. The van der Waals surface area contributed by atoms with Crippen LogP contribution in [0.5, 0.6) is 0 Å². The summed E-state index contributed by atoms with van der Waals surface area (Å²) in [6, 6.07) is 11.3. The summed E-state index contributed by atoms with van der Waals surface area (Å²) in [4.78, 5) is 0. The van der Waals surface area contributed by atoms with Crippen LogP contribution in [0.1, 0.15) is 67.2 Å². The van der Waals surface area contributed by atoms with E-state index in [-0.39, 0.29) is 11.2 Å². The van der Waals surface area contributed by atoms with Gasteiger partial charge in [-0.1, -0.05) is 0 Å². The molecule has 134 valence electrons. The van der Waals surface area contributed by atoms with Crippen LogP contribution in [-0.4, -0.2) is 38.6 Å². The van der Waals surface area contributed by atoms with Crippen LogP contribution in [-0.2, 0) is 9.31 Å². The third kappa shape index (κ3) is 7.09. The third-order valence-corrected chi connectivity index (χ3v) is 13.7. The van der Waals surface area contributed by atoms with Gasteiger partial charge in [0.1, 0.15) is 0 Å². The molecule has 1 aromatic rings. The predicted molar refractivity (Wildman–Crippen MR) is 107 cm³/mol. The Bertz CT molecular complexity index is 426. The maximum absolute atomic E-state index is 5.21. The van der Waals surface area contributed by atoms with Gasteiger partial charge in [-0.25, -0.2) is 0 Å². The first kappa shape index (κ1) is 22.0. The summed E-state index contributed by atoms with van der Waals surface area (Å²) in [6.07, 6.45) is 5.63. The number of unbranched alkanes of at least 4 members (excludes halogenated alkanes) is 2. The van der Waals surface area contributed by atoms with Crippen LogP contribution >= 0.6 is 0 Å². The van der Waals surface area contributed by atoms with E-state index in [0.29, 0.717) is 0 Å². The zero-order chi connectivity index (χ0) is 18.1. The normalized spacial score (nSPS) is 18.0. The molecule has 0 N–H and O–H groups in total. The Morgan fingerprint density at radius 2 is 1.29 bits per heavy atom. The Hall–Kier alpha value is 0.00364. The van der Waals surface area contributed by atoms with Gasteiger partial charge in [0.05, 0.1) is 11.2 Å². The minimum absolute atomic E-state index is 0.187. The molecule has 0 saturated carbocycles. The summed E-state index contributed by atoms with van der Waals surface area (Å²) in [5.41, 5.74) is -0.375. The van der Waals surface area contributed by atoms with E-state index in [1.54, 1.807) is 12.5 Å². The standard InChI is InChI=1S/C6H12BO2.C6H5.2C4H9.Sn/c1-5(2)6(3,4)9-7-8-5;1-2-4-6-5-3-1;2*1-3-4-2;/h1-4H3;1-5H;2*1,3-4H2,2H3;. The van der Waals surface area contributed by atoms with Gasteiger partial charge < -0.3 is 9.31 Å². The van der Waals surface area contributed by atoms with Gasteiger partial charge in [0.15, 0.2) is 0 Å². The van der Waals surface area contributed by atoms with Crippen molar-refractivity contribution in [3.8, 4) is 0 Å². The van der Waals surface area contributed by atoms with E-state index in [1.807, 2.05) is 27.7 Å². The van der Waals surface area contributed by atoms with E-state index < -0.39 is 19.8 Å². The van der Waals surface area contributed by atoms with Crippen LogP contribution in [0.2, 0.25) is 8.87 Å². The van der Waals surface area contributed by atoms with Crippen molar-refractivity contribution in [2.45, 2.75) is 87.3 Å². The van der Waals surface area contributed by atoms with Crippen LogP contribution < -0.4 is 3.58 Å². The van der Waals surface area contributed by atoms with E-state index in [0.717, 1.165) is 0 Å². The molecule has 2 radical (unpaired) electrons. The zero-order valence-corrected chi connectivity index (χ0v) is 19.4. The quantitative estimate of drug-likeness (QED) is 0.553. The predicted octanol–water partition coefficient (Wildman–Crippen LogP) is 5.11. The Morgan fingerprint density at radius 1 is 0.833 bits per heavy atom. The molecule has 2 nitrogen and oxygen atoms in total. The van der Waals surface area contributed by atoms with Gasteiger partial charge in [0.25, 0.3) is 0 Å². The molecule has 2 rings (SSSR count). The number of benzene rings is 1. The fraction of sp³-hybridized carbons (Fsp3) is 0.700. The average molecular weight is 437 g/mol. The van der Waals surface area contributed by atoms with Crippen LogP contribution in [0.4, 0.5) is 0 Å². The monoisotopic (exact) mass is 438 g/mol. The number of hydrogen-bond donors (Lipinski definition) is 0. The second-order valence-electron chi connectivity index (χ2n) is 7.53. The molecule has 1 aliphatic heterocycles. The topological polar surface area (TPSA) is 18.5 Å². The Labute approximate surface area is 157 Å². The van der Waals surface area contributed by atoms with Gasteiger partial charge in [0, 0.05) is 0 Å². The van der Waals surface area contributed by atoms with Gasteiger partial charge in [-0.3, -0.25) is 0 Å². The van der Waals surface area contributed by atoms with Crippen molar-refractivity contribution in [1.29, 1.82) is 0 Å². The molecule has 1 heterocycles. The van der Waals surface area contributed by atoms with Gasteiger partial charge in [0.2, 0.25) is 0 Å². The Morgan fingerprint density at radius 3 is 1.62 bits per heavy atom. The molecule has 1 saturated heterocycles. The molecule has 1 aromatic carbocycles. The molecule has 0 unspecified atom stereocenters. The first-order valence-corrected chi connectivity index (χ1v) is 14.9. The van der Waals surface area contributed by atoms with Crippen LogP contribution in [0.15, 0.2) is 30.3 Å². The van der Waals surface area contributed by atoms with Crippen molar-refractivity contribution in [2.75, 3.05) is 0 Å². The second kappa shape index (κ2) is 10.9. The molecule has 4 heteroatoms. The van der Waals surface area contributed by atoms with Crippen LogP contribution in [0.3, 0.4) is 0 Å². The van der Waals surface area contributed by atoms with E-state index in [9.17, 15) is 0 Å². The fourth-order valence-corrected chi connectivity index (χ4v) is 11.1. The molecular weight excluding hydrogens is 402 g/mol. The van der Waals surface area contributed by atoms with E-state index in [1.165, 1.54) is 33.4 Å². The van der Waals surface area contributed by atoms with Crippen molar-refractivity contribution in [3.63, 3.8) is 0 Å². The fourth-order valence-electron chi connectivity index (χ4n) is 2.42. The average Bonchev–Trinajstić information content (AvgIpc) is 2.80. The molecule has 0 spiro atoms. The maximum atomic E-state index is 5.21. The van der Waals surface area contributed by atoms with Crippen molar-refractivity contribution in [1.82, 2.24) is 0 Å². The molecule has 1 aliphatic rings. The first-order valence-electron chi connectivity index (χ1n) is 9.41. The molecule has 0 atom stereocenters. The molecular formula is C20H35BO2Sn. The van der Waals surface area contributed by atoms with Gasteiger partial charge in [-0.2, -0.15) is 0 Å². The van der Waals surface area contributed by atoms with Crippen molar-refractivity contribution in [3.05, 3.63) is 30.3 Å². The van der Waals surface area contributed by atoms with Crippen LogP contribution in [0.25, 0.3) is 0 Å². The SMILES string of the molecule is CC1(C)O[B]OC1(C)C.CCC[CH2][Sn]([CH2]CCC)[c]1ccccc1. The minimum atomic E-state index is -1.22. The Kier molecular flexibility index (Phi) is 9.99. The van der Waals surface area contributed by atoms with Gasteiger partial charge in [-0.05, 0) is 27.7 Å². The van der Waals surface area contributed by atoms with E-state index in [4.69, 9.17) is 9.31 Å². The summed E-state index contributed by atoms with van der Waals surface area (Å²) < 4.78 is 15.3. The van der Waals surface area contributed by atoms with Gasteiger partial charge >= 0.3 is 110 Å². The summed E-state index contributed by atoms with van der Waals surface area (Å²) in [7, 11) is 1.42. The van der Waals surface area contributed by atoms with E-state index in [2.05, 4.69) is 44.2 Å². The third-order valence-electron chi connectivity index (χ3n) is 4.98. The molecule has 24 heavy (non-hydrogen) atoms. The molecule has 0 bridgehead atoms. The van der Waals surface area contributed by atoms with Crippen LogP contribution in [0, 0.1) is 0 Å². The molecule has 0 aromatic heterocycles. The van der Waals surface area contributed by atoms with Crippen molar-refractivity contribution >= 4 is 31.0 Å². The van der Waals surface area contributed by atoms with E-state index >= 15 is 0 Å². The molecule has 0 aliphatic carbocycles.